The number of nitrogens with one attached hydrogen (secondary N) is 1. The van der Waals surface area contributed by atoms with Crippen LogP contribution in [0.15, 0.2) is 53.2 Å². The Labute approximate surface area is 180 Å². The molecule has 10 heteroatoms. The fourth-order valence-electron chi connectivity index (χ4n) is 4.22. The van der Waals surface area contributed by atoms with Crippen molar-refractivity contribution in [3.63, 3.8) is 0 Å². The normalized spacial score (nSPS) is 16.0. The van der Waals surface area contributed by atoms with Crippen molar-refractivity contribution < 1.29 is 13.2 Å². The van der Waals surface area contributed by atoms with Crippen molar-refractivity contribution in [3.8, 4) is 11.5 Å². The predicted octanol–water partition coefficient (Wildman–Crippen LogP) is 3.85. The van der Waals surface area contributed by atoms with Gasteiger partial charge in [-0.15, -0.1) is 5.10 Å². The molecule has 32 heavy (non-hydrogen) atoms. The average Bonchev–Trinajstić information content (AvgIpc) is 3.52. The second-order valence-electron chi connectivity index (χ2n) is 7.67. The third kappa shape index (κ3) is 2.79. The summed E-state index contributed by atoms with van der Waals surface area (Å²) < 4.78 is 36.1. The van der Waals surface area contributed by atoms with E-state index in [0.29, 0.717) is 13.0 Å². The number of aryl methyl sites for hydroxylation is 1. The van der Waals surface area contributed by atoms with E-state index in [0.717, 1.165) is 40.4 Å². The summed E-state index contributed by atoms with van der Waals surface area (Å²) in [4.78, 5) is 9.57. The molecule has 0 unspecified atom stereocenters. The van der Waals surface area contributed by atoms with Crippen LogP contribution in [-0.2, 0) is 6.42 Å². The maximum atomic E-state index is 14.2. The molecule has 1 atom stereocenters. The summed E-state index contributed by atoms with van der Waals surface area (Å²) in [5, 5.41) is 12.8. The molecule has 5 heterocycles. The highest BCUT2D eigenvalue weighted by Crippen LogP contribution is 2.37. The number of hydrogen-bond donors (Lipinski definition) is 1. The van der Waals surface area contributed by atoms with Crippen LogP contribution in [0.4, 0.5) is 14.8 Å². The lowest BCUT2D eigenvalue weighted by molar-refractivity contribution is 0.496. The Balaban J connectivity index is 1.47. The summed E-state index contributed by atoms with van der Waals surface area (Å²) in [6, 6.07) is 11.3. The summed E-state index contributed by atoms with van der Waals surface area (Å²) in [5.41, 5.74) is 4.15. The standard InChI is InChI=1S/C22H17F2N7O/c1-12-4-2-5-13-10-17(29-31(12)13)20-19-16(25-11-26-19)8-9-30(20)22-28-27-21(32-22)18-14(23)6-3-7-15(18)24/h2-7,10-11,20H,8-9H2,1H3,(H,25,26)/t20-/m0/s1. The zero-order valence-electron chi connectivity index (χ0n) is 17.0. The van der Waals surface area contributed by atoms with Gasteiger partial charge >= 0.3 is 6.01 Å². The molecule has 1 N–H and O–H groups in total. The molecule has 0 saturated heterocycles. The van der Waals surface area contributed by atoms with E-state index in [9.17, 15) is 8.78 Å². The van der Waals surface area contributed by atoms with E-state index in [1.807, 2.05) is 40.6 Å². The second-order valence-corrected chi connectivity index (χ2v) is 7.67. The molecule has 1 aliphatic rings. The maximum absolute atomic E-state index is 14.2. The van der Waals surface area contributed by atoms with Crippen LogP contribution in [-0.4, -0.2) is 36.3 Å². The van der Waals surface area contributed by atoms with Crippen molar-refractivity contribution >= 4 is 11.5 Å². The van der Waals surface area contributed by atoms with Gasteiger partial charge in [0.2, 0.25) is 0 Å². The number of halogens is 2. The third-order valence-corrected chi connectivity index (χ3v) is 5.74. The lowest BCUT2D eigenvalue weighted by Crippen LogP contribution is -2.37. The fraction of sp³-hybridized carbons (Fsp3) is 0.182. The first-order valence-electron chi connectivity index (χ1n) is 10.1. The summed E-state index contributed by atoms with van der Waals surface area (Å²) in [5.74, 6) is -1.74. The van der Waals surface area contributed by atoms with Crippen molar-refractivity contribution in [2.75, 3.05) is 11.4 Å². The molecule has 0 spiro atoms. The molecule has 1 aliphatic heterocycles. The van der Waals surface area contributed by atoms with Crippen LogP contribution >= 0.6 is 0 Å². The lowest BCUT2D eigenvalue weighted by atomic mass is 10.0. The first-order chi connectivity index (χ1) is 15.6. The van der Waals surface area contributed by atoms with Gasteiger partial charge in [0.25, 0.3) is 5.89 Å². The molecule has 0 saturated carbocycles. The smallest absolute Gasteiger partial charge is 0.319 e. The minimum Gasteiger partial charge on any atom is -0.403 e. The number of anilines is 1. The Morgan fingerprint density at radius 3 is 2.72 bits per heavy atom. The van der Waals surface area contributed by atoms with Crippen LogP contribution in [0.1, 0.15) is 28.8 Å². The average molecular weight is 433 g/mol. The molecule has 0 radical (unpaired) electrons. The highest BCUT2D eigenvalue weighted by Gasteiger charge is 2.36. The number of imidazole rings is 1. The Morgan fingerprint density at radius 2 is 1.91 bits per heavy atom. The van der Waals surface area contributed by atoms with Gasteiger partial charge in [-0.1, -0.05) is 17.2 Å². The number of hydrogen-bond acceptors (Lipinski definition) is 6. The molecular weight excluding hydrogens is 416 g/mol. The van der Waals surface area contributed by atoms with Gasteiger partial charge in [0, 0.05) is 24.4 Å². The minimum absolute atomic E-state index is 0.148. The van der Waals surface area contributed by atoms with Crippen LogP contribution < -0.4 is 4.90 Å². The van der Waals surface area contributed by atoms with Gasteiger partial charge in [-0.2, -0.15) is 5.10 Å². The molecule has 5 aromatic rings. The van der Waals surface area contributed by atoms with Gasteiger partial charge in [0.15, 0.2) is 0 Å². The maximum Gasteiger partial charge on any atom is 0.319 e. The summed E-state index contributed by atoms with van der Waals surface area (Å²) >= 11 is 0. The van der Waals surface area contributed by atoms with E-state index in [4.69, 9.17) is 9.52 Å². The van der Waals surface area contributed by atoms with Crippen LogP contribution in [0.2, 0.25) is 0 Å². The van der Waals surface area contributed by atoms with Gasteiger partial charge in [0.05, 0.1) is 23.2 Å². The quantitative estimate of drug-likeness (QED) is 0.465. The summed E-state index contributed by atoms with van der Waals surface area (Å²) in [7, 11) is 0. The Morgan fingerprint density at radius 1 is 1.09 bits per heavy atom. The van der Waals surface area contributed by atoms with Crippen molar-refractivity contribution in [1.82, 2.24) is 29.8 Å². The molecule has 4 aromatic heterocycles. The van der Waals surface area contributed by atoms with E-state index >= 15 is 0 Å². The number of aromatic nitrogens is 6. The molecule has 1 aromatic carbocycles. The number of benzene rings is 1. The van der Waals surface area contributed by atoms with Crippen LogP contribution in [0.25, 0.3) is 17.0 Å². The lowest BCUT2D eigenvalue weighted by Gasteiger charge is -2.32. The molecular formula is C22H17F2N7O. The zero-order chi connectivity index (χ0) is 21.8. The Hall–Kier alpha value is -4.08. The van der Waals surface area contributed by atoms with Gasteiger partial charge in [-0.05, 0) is 37.3 Å². The molecule has 6 rings (SSSR count). The molecule has 160 valence electrons. The molecule has 0 fully saturated rings. The van der Waals surface area contributed by atoms with Gasteiger partial charge in [-0.25, -0.2) is 18.3 Å². The first-order valence-corrected chi connectivity index (χ1v) is 10.1. The predicted molar refractivity (Wildman–Crippen MR) is 111 cm³/mol. The Kier molecular flexibility index (Phi) is 4.07. The van der Waals surface area contributed by atoms with E-state index in [2.05, 4.69) is 20.2 Å². The first kappa shape index (κ1) is 18.7. The van der Waals surface area contributed by atoms with Crippen LogP contribution in [0, 0.1) is 18.6 Å². The van der Waals surface area contributed by atoms with E-state index in [1.54, 1.807) is 6.33 Å². The largest absolute Gasteiger partial charge is 0.403 e. The number of rotatable bonds is 3. The van der Waals surface area contributed by atoms with Gasteiger partial charge in [0.1, 0.15) is 23.2 Å². The fourth-order valence-corrected chi connectivity index (χ4v) is 4.22. The van der Waals surface area contributed by atoms with Gasteiger partial charge in [-0.3, -0.25) is 0 Å². The van der Waals surface area contributed by atoms with E-state index in [-0.39, 0.29) is 17.5 Å². The van der Waals surface area contributed by atoms with Crippen molar-refractivity contribution in [2.24, 2.45) is 0 Å². The number of pyridine rings is 1. The second kappa shape index (κ2) is 6.98. The minimum atomic E-state index is -0.763. The summed E-state index contributed by atoms with van der Waals surface area (Å²) in [6.07, 6.45) is 2.32. The molecule has 8 nitrogen and oxygen atoms in total. The number of nitrogens with zero attached hydrogens (tertiary/aromatic N) is 6. The van der Waals surface area contributed by atoms with Gasteiger partial charge < -0.3 is 14.3 Å². The van der Waals surface area contributed by atoms with Crippen molar-refractivity contribution in [2.45, 2.75) is 19.4 Å². The van der Waals surface area contributed by atoms with Crippen molar-refractivity contribution in [3.05, 3.63) is 83.2 Å². The molecule has 0 bridgehead atoms. The highest BCUT2D eigenvalue weighted by atomic mass is 19.1. The topological polar surface area (TPSA) is 88.1 Å². The van der Waals surface area contributed by atoms with Crippen molar-refractivity contribution in [1.29, 1.82) is 0 Å². The third-order valence-electron chi connectivity index (χ3n) is 5.74. The van der Waals surface area contributed by atoms with E-state index < -0.39 is 17.7 Å². The Bertz CT molecular complexity index is 1430. The monoisotopic (exact) mass is 433 g/mol. The van der Waals surface area contributed by atoms with Crippen LogP contribution in [0.5, 0.6) is 0 Å². The number of fused-ring (bicyclic) bond motifs is 2. The zero-order valence-corrected chi connectivity index (χ0v) is 17.0. The molecule has 0 amide bonds. The number of H-pyrrole nitrogens is 1. The van der Waals surface area contributed by atoms with Crippen LogP contribution in [0.3, 0.4) is 0 Å². The number of aromatic amines is 1. The molecule has 0 aliphatic carbocycles. The summed E-state index contributed by atoms with van der Waals surface area (Å²) in [6.45, 7) is 2.52. The highest BCUT2D eigenvalue weighted by molar-refractivity contribution is 5.57. The van der Waals surface area contributed by atoms with E-state index in [1.165, 1.54) is 6.07 Å². The SMILES string of the molecule is Cc1cccc2cc([C@H]3c4nc[nH]c4CCN3c3nnc(-c4c(F)cccc4F)o3)nn12.